The van der Waals surface area contributed by atoms with Gasteiger partial charge in [-0.3, -0.25) is 4.55 Å². The number of nitrogens with zero attached hydrogens (tertiary/aromatic N) is 1. The molecule has 1 aliphatic rings. The van der Waals surface area contributed by atoms with Crippen LogP contribution < -0.4 is 9.84 Å². The van der Waals surface area contributed by atoms with Gasteiger partial charge < -0.3 is 0 Å². The van der Waals surface area contributed by atoms with E-state index in [1.165, 1.54) is 0 Å². The molecule has 94 valence electrons. The van der Waals surface area contributed by atoms with Crippen molar-refractivity contribution < 1.29 is 21.9 Å². The third-order valence-corrected chi connectivity index (χ3v) is 2.93. The van der Waals surface area contributed by atoms with Gasteiger partial charge in [0.05, 0.1) is 17.1 Å². The van der Waals surface area contributed by atoms with E-state index in [0.29, 0.717) is 0 Å². The van der Waals surface area contributed by atoms with Crippen molar-refractivity contribution in [3.05, 3.63) is 28.5 Å². The molecule has 9 heteroatoms. The molecule has 0 saturated heterocycles. The quantitative estimate of drug-likeness (QED) is 0.646. The Morgan fingerprint density at radius 2 is 2.18 bits per heavy atom. The lowest BCUT2D eigenvalue weighted by Gasteiger charge is -2.25. The molecule has 1 aromatic carbocycles. The van der Waals surface area contributed by atoms with Crippen molar-refractivity contribution in [1.29, 1.82) is 0 Å². The van der Waals surface area contributed by atoms with Crippen LogP contribution in [0, 0.1) is 5.82 Å². The van der Waals surface area contributed by atoms with Crippen LogP contribution in [-0.4, -0.2) is 14.8 Å². The zero-order valence-corrected chi connectivity index (χ0v) is 9.66. The van der Waals surface area contributed by atoms with Gasteiger partial charge in [-0.05, 0) is 12.1 Å². The number of halogens is 4. The molecule has 0 fully saturated rings. The summed E-state index contributed by atoms with van der Waals surface area (Å²) in [7, 11) is 0. The topological polar surface area (TPSA) is 52.6 Å². The van der Waals surface area contributed by atoms with E-state index in [1.54, 1.807) is 4.83 Å². The molecule has 1 aromatic rings. The van der Waals surface area contributed by atoms with Crippen LogP contribution in [0.25, 0.3) is 0 Å². The second kappa shape index (κ2) is 4.13. The Bertz CT molecular complexity index is 500. The minimum Gasteiger partial charge on any atom is -0.293 e. The Balaban J connectivity index is 2.55. The molecule has 0 radical (unpaired) electrons. The maximum atomic E-state index is 13.5. The van der Waals surface area contributed by atoms with Gasteiger partial charge in [0, 0.05) is 5.56 Å². The molecule has 1 aliphatic heterocycles. The van der Waals surface area contributed by atoms with Crippen molar-refractivity contribution in [3.8, 4) is 0 Å². The molecule has 0 aromatic heterocycles. The van der Waals surface area contributed by atoms with Gasteiger partial charge in [0.15, 0.2) is 0 Å². The lowest BCUT2D eigenvalue weighted by atomic mass is 10.1. The molecule has 1 unspecified atom stereocenters. The number of rotatable bonds is 2. The number of hydrogen-bond acceptors (Lipinski definition) is 2. The number of nitrogens with one attached hydrogen (secondary N) is 1. The average molecular weight is 287 g/mol. The van der Waals surface area contributed by atoms with E-state index >= 15 is 0 Å². The number of anilines is 1. The van der Waals surface area contributed by atoms with Gasteiger partial charge in [0.1, 0.15) is 5.82 Å². The molecule has 0 bridgehead atoms. The van der Waals surface area contributed by atoms with Crippen molar-refractivity contribution in [3.63, 3.8) is 0 Å². The fraction of sp³-hybridized carbons (Fsp3) is 0.250. The Morgan fingerprint density at radius 3 is 2.76 bits per heavy atom. The summed E-state index contributed by atoms with van der Waals surface area (Å²) in [5.41, 5.74) is -0.612. The van der Waals surface area contributed by atoms with Gasteiger partial charge in [-0.15, -0.1) is 4.83 Å². The first kappa shape index (κ1) is 12.6. The molecule has 4 nitrogen and oxygen atoms in total. The van der Waals surface area contributed by atoms with Crippen LogP contribution in [0.4, 0.5) is 18.9 Å². The van der Waals surface area contributed by atoms with Crippen molar-refractivity contribution in [2.75, 3.05) is 5.01 Å². The van der Waals surface area contributed by atoms with Gasteiger partial charge in [-0.2, -0.15) is 8.78 Å². The summed E-state index contributed by atoms with van der Waals surface area (Å²) >= 11 is 2.98. The Kier molecular flexibility index (Phi) is 3.06. The second-order valence-corrected chi connectivity index (χ2v) is 4.46. The SMILES string of the molecule is O=S(O)NN1c2c(Cl)ccc(F)c2CC1(F)F. The maximum Gasteiger partial charge on any atom is 0.343 e. The molecule has 0 saturated carbocycles. The predicted octanol–water partition coefficient (Wildman–Crippen LogP) is 2.08. The van der Waals surface area contributed by atoms with Crippen LogP contribution in [0.15, 0.2) is 12.1 Å². The van der Waals surface area contributed by atoms with Crippen LogP contribution in [-0.2, 0) is 17.7 Å². The molecule has 2 rings (SSSR count). The largest absolute Gasteiger partial charge is 0.343 e. The summed E-state index contributed by atoms with van der Waals surface area (Å²) in [6.45, 7) is 0. The summed E-state index contributed by atoms with van der Waals surface area (Å²) in [6, 6.07) is -1.45. The molecule has 0 amide bonds. The monoisotopic (exact) mass is 286 g/mol. The standard InChI is InChI=1S/C8H6ClF3N2O2S/c9-5-1-2-6(10)4-3-8(11,12)14(7(4)5)13-17(15)16/h1-2,13H,3H2,(H,15,16). The van der Waals surface area contributed by atoms with E-state index in [9.17, 15) is 17.4 Å². The first-order valence-corrected chi connectivity index (χ1v) is 5.83. The maximum absolute atomic E-state index is 13.5. The van der Waals surface area contributed by atoms with Gasteiger partial charge >= 0.3 is 6.05 Å². The Labute approximate surface area is 102 Å². The first-order chi connectivity index (χ1) is 7.83. The molecule has 0 spiro atoms. The first-order valence-electron chi connectivity index (χ1n) is 4.35. The lowest BCUT2D eigenvalue weighted by molar-refractivity contribution is 0.00255. The molecule has 1 heterocycles. The predicted molar refractivity (Wildman–Crippen MR) is 56.4 cm³/mol. The molecular weight excluding hydrogens is 281 g/mol. The molecule has 2 N–H and O–H groups in total. The zero-order chi connectivity index (χ0) is 12.8. The van der Waals surface area contributed by atoms with E-state index in [1.807, 2.05) is 0 Å². The van der Waals surface area contributed by atoms with Gasteiger partial charge in [0.25, 0.3) is 11.3 Å². The number of hydrogen-bond donors (Lipinski definition) is 2. The van der Waals surface area contributed by atoms with Gasteiger partial charge in [0.2, 0.25) is 0 Å². The van der Waals surface area contributed by atoms with Crippen LogP contribution in [0.2, 0.25) is 5.02 Å². The van der Waals surface area contributed by atoms with Crippen molar-refractivity contribution in [2.45, 2.75) is 12.5 Å². The number of hydrazine groups is 1. The summed E-state index contributed by atoms with van der Waals surface area (Å²) < 4.78 is 59.5. The average Bonchev–Trinajstić information content (AvgIpc) is 2.46. The summed E-state index contributed by atoms with van der Waals surface area (Å²) in [5, 5.41) is -0.0133. The zero-order valence-electron chi connectivity index (χ0n) is 8.08. The van der Waals surface area contributed by atoms with Crippen molar-refractivity contribution in [1.82, 2.24) is 4.83 Å². The smallest absolute Gasteiger partial charge is 0.293 e. The van der Waals surface area contributed by atoms with E-state index in [2.05, 4.69) is 0 Å². The van der Waals surface area contributed by atoms with E-state index in [0.717, 1.165) is 12.1 Å². The molecular formula is C8H6ClF3N2O2S. The van der Waals surface area contributed by atoms with E-state index < -0.39 is 29.6 Å². The third kappa shape index (κ3) is 2.13. The Morgan fingerprint density at radius 1 is 1.53 bits per heavy atom. The summed E-state index contributed by atoms with van der Waals surface area (Å²) in [4.78, 5) is 1.62. The molecule has 0 aliphatic carbocycles. The molecule has 1 atom stereocenters. The summed E-state index contributed by atoms with van der Waals surface area (Å²) in [6.07, 6.45) is -0.918. The van der Waals surface area contributed by atoms with E-state index in [-0.39, 0.29) is 21.3 Å². The normalized spacial score (nSPS) is 19.2. The van der Waals surface area contributed by atoms with Crippen LogP contribution >= 0.6 is 11.6 Å². The highest BCUT2D eigenvalue weighted by molar-refractivity contribution is 7.77. The van der Waals surface area contributed by atoms with Crippen LogP contribution in [0.5, 0.6) is 0 Å². The lowest BCUT2D eigenvalue weighted by Crippen LogP contribution is -2.49. The number of benzene rings is 1. The van der Waals surface area contributed by atoms with Crippen LogP contribution in [0.1, 0.15) is 5.56 Å². The Hall–Kier alpha value is -0.830. The number of fused-ring (bicyclic) bond motifs is 1. The number of alkyl halides is 2. The minimum absolute atomic E-state index is 0.115. The highest BCUT2D eigenvalue weighted by atomic mass is 35.5. The van der Waals surface area contributed by atoms with Gasteiger partial charge in [-0.1, -0.05) is 11.6 Å². The highest BCUT2D eigenvalue weighted by Gasteiger charge is 2.48. The van der Waals surface area contributed by atoms with Crippen molar-refractivity contribution in [2.24, 2.45) is 0 Å². The molecule has 17 heavy (non-hydrogen) atoms. The van der Waals surface area contributed by atoms with Crippen LogP contribution in [0.3, 0.4) is 0 Å². The minimum atomic E-state index is -3.52. The van der Waals surface area contributed by atoms with Crippen molar-refractivity contribution >= 4 is 28.6 Å². The highest BCUT2D eigenvalue weighted by Crippen LogP contribution is 2.44. The fourth-order valence-corrected chi connectivity index (χ4v) is 2.28. The van der Waals surface area contributed by atoms with E-state index in [4.69, 9.17) is 16.2 Å². The summed E-state index contributed by atoms with van der Waals surface area (Å²) in [5.74, 6) is -0.836. The third-order valence-electron chi connectivity index (χ3n) is 2.29. The second-order valence-electron chi connectivity index (χ2n) is 3.37. The fourth-order valence-electron chi connectivity index (χ4n) is 1.64. The van der Waals surface area contributed by atoms with Gasteiger partial charge in [-0.25, -0.2) is 13.6 Å².